The summed E-state index contributed by atoms with van der Waals surface area (Å²) < 4.78 is 28.6. The normalized spacial score (nSPS) is 13.3. The van der Waals surface area contributed by atoms with Gasteiger partial charge in [-0.2, -0.15) is 0 Å². The number of rotatable bonds is 5. The third-order valence-electron chi connectivity index (χ3n) is 5.22. The van der Waals surface area contributed by atoms with E-state index in [1.165, 1.54) is 6.07 Å². The van der Waals surface area contributed by atoms with Crippen LogP contribution in [0.25, 0.3) is 21.8 Å². The second-order valence-corrected chi connectivity index (χ2v) is 10.00. The van der Waals surface area contributed by atoms with Crippen molar-refractivity contribution in [3.8, 4) is 21.8 Å². The third-order valence-corrected chi connectivity index (χ3v) is 7.49. The highest BCUT2D eigenvalue weighted by Crippen LogP contribution is 2.31. The SMILES string of the molecule is O=C1CCc2cc(S(=O)(=O)Nc3cccc(-c4csc(-c5ccccc5)n4)c3)ccc2N1. The summed E-state index contributed by atoms with van der Waals surface area (Å²) in [5.41, 5.74) is 4.61. The Labute approximate surface area is 190 Å². The van der Waals surface area contributed by atoms with Crippen LogP contribution in [0.15, 0.2) is 83.1 Å². The first kappa shape index (κ1) is 20.4. The van der Waals surface area contributed by atoms with Gasteiger partial charge in [-0.1, -0.05) is 42.5 Å². The Hall–Kier alpha value is -3.49. The van der Waals surface area contributed by atoms with E-state index >= 15 is 0 Å². The van der Waals surface area contributed by atoms with E-state index in [-0.39, 0.29) is 10.8 Å². The van der Waals surface area contributed by atoms with Crippen LogP contribution < -0.4 is 10.0 Å². The Morgan fingerprint density at radius 3 is 2.56 bits per heavy atom. The van der Waals surface area contributed by atoms with Gasteiger partial charge in [0.1, 0.15) is 5.01 Å². The van der Waals surface area contributed by atoms with E-state index in [9.17, 15) is 13.2 Å². The van der Waals surface area contributed by atoms with Gasteiger partial charge in [-0.05, 0) is 42.3 Å². The fraction of sp³-hybridized carbons (Fsp3) is 0.0833. The van der Waals surface area contributed by atoms with Crippen LogP contribution in [0.1, 0.15) is 12.0 Å². The number of amides is 1. The summed E-state index contributed by atoms with van der Waals surface area (Å²) in [6, 6.07) is 21.9. The number of thiazole rings is 1. The van der Waals surface area contributed by atoms with Gasteiger partial charge in [-0.25, -0.2) is 13.4 Å². The Morgan fingerprint density at radius 1 is 0.906 bits per heavy atom. The lowest BCUT2D eigenvalue weighted by atomic mass is 10.0. The number of benzene rings is 3. The molecule has 5 rings (SSSR count). The van der Waals surface area contributed by atoms with E-state index in [0.717, 1.165) is 27.4 Å². The summed E-state index contributed by atoms with van der Waals surface area (Å²) in [4.78, 5) is 16.4. The Morgan fingerprint density at radius 2 is 1.72 bits per heavy atom. The van der Waals surface area contributed by atoms with Crippen LogP contribution in [0.5, 0.6) is 0 Å². The van der Waals surface area contributed by atoms with E-state index in [1.807, 2.05) is 41.8 Å². The molecule has 8 heteroatoms. The second kappa shape index (κ2) is 8.22. The van der Waals surface area contributed by atoms with Gasteiger partial charge in [0.05, 0.1) is 10.6 Å². The lowest BCUT2D eigenvalue weighted by Gasteiger charge is -2.18. The number of hydrogen-bond acceptors (Lipinski definition) is 5. The van der Waals surface area contributed by atoms with Crippen molar-refractivity contribution in [3.05, 3.63) is 83.7 Å². The number of hydrogen-bond donors (Lipinski definition) is 2. The maximum absolute atomic E-state index is 13.0. The lowest BCUT2D eigenvalue weighted by molar-refractivity contribution is -0.116. The molecule has 1 aliphatic heterocycles. The molecule has 6 nitrogen and oxygen atoms in total. The molecule has 160 valence electrons. The highest BCUT2D eigenvalue weighted by molar-refractivity contribution is 7.92. The number of anilines is 2. The molecule has 0 bridgehead atoms. The van der Waals surface area contributed by atoms with Crippen molar-refractivity contribution in [2.75, 3.05) is 10.0 Å². The van der Waals surface area contributed by atoms with Crippen LogP contribution in [0, 0.1) is 0 Å². The van der Waals surface area contributed by atoms with Gasteiger partial charge in [0, 0.05) is 34.3 Å². The minimum absolute atomic E-state index is 0.0551. The molecule has 0 aliphatic carbocycles. The molecule has 0 spiro atoms. The van der Waals surface area contributed by atoms with Gasteiger partial charge in [0.15, 0.2) is 0 Å². The molecule has 2 heterocycles. The van der Waals surface area contributed by atoms with Crippen LogP contribution >= 0.6 is 11.3 Å². The van der Waals surface area contributed by atoms with Crippen molar-refractivity contribution in [1.29, 1.82) is 0 Å². The molecular formula is C24H19N3O3S2. The van der Waals surface area contributed by atoms with Crippen molar-refractivity contribution < 1.29 is 13.2 Å². The minimum Gasteiger partial charge on any atom is -0.326 e. The lowest BCUT2D eigenvalue weighted by Crippen LogP contribution is -2.20. The minimum atomic E-state index is -3.78. The zero-order valence-electron chi connectivity index (χ0n) is 16.9. The second-order valence-electron chi connectivity index (χ2n) is 7.46. The van der Waals surface area contributed by atoms with Crippen molar-refractivity contribution >= 4 is 38.6 Å². The smallest absolute Gasteiger partial charge is 0.261 e. The maximum atomic E-state index is 13.0. The molecule has 32 heavy (non-hydrogen) atoms. The summed E-state index contributed by atoms with van der Waals surface area (Å²) in [6.45, 7) is 0. The molecule has 1 aromatic heterocycles. The number of aromatic nitrogens is 1. The molecule has 0 radical (unpaired) electrons. The largest absolute Gasteiger partial charge is 0.326 e. The van der Waals surface area contributed by atoms with Crippen LogP contribution in [0.3, 0.4) is 0 Å². The van der Waals surface area contributed by atoms with E-state index in [2.05, 4.69) is 10.0 Å². The summed E-state index contributed by atoms with van der Waals surface area (Å²) in [6.07, 6.45) is 0.873. The predicted molar refractivity (Wildman–Crippen MR) is 127 cm³/mol. The highest BCUT2D eigenvalue weighted by atomic mass is 32.2. The molecular weight excluding hydrogens is 442 g/mol. The molecule has 3 aromatic carbocycles. The third kappa shape index (κ3) is 4.15. The molecule has 0 fully saturated rings. The van der Waals surface area contributed by atoms with Crippen LogP contribution in [0.4, 0.5) is 11.4 Å². The first-order valence-electron chi connectivity index (χ1n) is 10.0. The number of fused-ring (bicyclic) bond motifs is 1. The molecule has 1 amide bonds. The fourth-order valence-corrected chi connectivity index (χ4v) is 5.54. The van der Waals surface area contributed by atoms with Crippen molar-refractivity contribution in [3.63, 3.8) is 0 Å². The Kier molecular flexibility index (Phi) is 5.24. The van der Waals surface area contributed by atoms with Crippen molar-refractivity contribution in [2.45, 2.75) is 17.7 Å². The number of carbonyl (C=O) groups excluding carboxylic acids is 1. The summed E-state index contributed by atoms with van der Waals surface area (Å²) >= 11 is 1.55. The average Bonchev–Trinajstić information content (AvgIpc) is 3.30. The summed E-state index contributed by atoms with van der Waals surface area (Å²) in [5, 5.41) is 5.64. The number of nitrogens with zero attached hydrogens (tertiary/aromatic N) is 1. The highest BCUT2D eigenvalue weighted by Gasteiger charge is 2.20. The maximum Gasteiger partial charge on any atom is 0.261 e. The van der Waals surface area contributed by atoms with Gasteiger partial charge in [-0.15, -0.1) is 11.3 Å². The zero-order valence-corrected chi connectivity index (χ0v) is 18.5. The van der Waals surface area contributed by atoms with E-state index < -0.39 is 10.0 Å². The zero-order chi connectivity index (χ0) is 22.1. The van der Waals surface area contributed by atoms with E-state index in [0.29, 0.717) is 24.2 Å². The molecule has 2 N–H and O–H groups in total. The Bertz CT molecular complexity index is 1410. The molecule has 0 unspecified atom stereocenters. The van der Waals surface area contributed by atoms with Crippen LogP contribution in [-0.4, -0.2) is 19.3 Å². The number of carbonyl (C=O) groups is 1. The summed E-state index contributed by atoms with van der Waals surface area (Å²) in [5.74, 6) is -0.0551. The van der Waals surface area contributed by atoms with Crippen molar-refractivity contribution in [1.82, 2.24) is 4.98 Å². The molecule has 1 aliphatic rings. The fourth-order valence-electron chi connectivity index (χ4n) is 3.60. The molecule has 0 atom stereocenters. The quantitative estimate of drug-likeness (QED) is 0.430. The standard InChI is InChI=1S/C24H19N3O3S2/c28-23-12-9-18-14-20(10-11-21(18)25-23)32(29,30)27-19-8-4-7-17(13-19)22-15-31-24(26-22)16-5-2-1-3-6-16/h1-8,10-11,13-15,27H,9,12H2,(H,25,28). The van der Waals surface area contributed by atoms with Gasteiger partial charge >= 0.3 is 0 Å². The van der Waals surface area contributed by atoms with Crippen molar-refractivity contribution in [2.24, 2.45) is 0 Å². The first-order chi connectivity index (χ1) is 15.5. The predicted octanol–water partition coefficient (Wildman–Crippen LogP) is 5.16. The number of aryl methyl sites for hydroxylation is 1. The van der Waals surface area contributed by atoms with Gasteiger partial charge in [0.2, 0.25) is 5.91 Å². The van der Waals surface area contributed by atoms with E-state index in [1.54, 1.807) is 41.7 Å². The monoisotopic (exact) mass is 461 g/mol. The first-order valence-corrected chi connectivity index (χ1v) is 12.4. The van der Waals surface area contributed by atoms with Gasteiger partial charge in [-0.3, -0.25) is 9.52 Å². The number of nitrogens with one attached hydrogen (secondary N) is 2. The van der Waals surface area contributed by atoms with Gasteiger partial charge < -0.3 is 5.32 Å². The average molecular weight is 462 g/mol. The molecule has 4 aromatic rings. The summed E-state index contributed by atoms with van der Waals surface area (Å²) in [7, 11) is -3.78. The Balaban J connectivity index is 1.39. The van der Waals surface area contributed by atoms with Crippen LogP contribution in [-0.2, 0) is 21.2 Å². The van der Waals surface area contributed by atoms with Crippen LogP contribution in [0.2, 0.25) is 0 Å². The van der Waals surface area contributed by atoms with Gasteiger partial charge in [0.25, 0.3) is 10.0 Å². The molecule has 0 saturated carbocycles. The molecule has 0 saturated heterocycles. The van der Waals surface area contributed by atoms with E-state index in [4.69, 9.17) is 4.98 Å². The number of sulfonamides is 1. The topological polar surface area (TPSA) is 88.2 Å².